The third-order valence-corrected chi connectivity index (χ3v) is 4.04. The molecule has 3 nitrogen and oxygen atoms in total. The molecule has 21 heavy (non-hydrogen) atoms. The summed E-state index contributed by atoms with van der Waals surface area (Å²) in [5, 5.41) is 0. The van der Waals surface area contributed by atoms with Crippen molar-refractivity contribution in [3.05, 3.63) is 30.1 Å². The number of imidazole rings is 1. The number of unbranched alkanes of at least 4 members (excludes halogenated alkanes) is 5. The van der Waals surface area contributed by atoms with Crippen LogP contribution in [0.4, 0.5) is 0 Å². The van der Waals surface area contributed by atoms with E-state index in [1.807, 2.05) is 35.9 Å². The molecule has 0 saturated carbocycles. The van der Waals surface area contributed by atoms with Crippen molar-refractivity contribution < 1.29 is 4.79 Å². The first-order chi connectivity index (χ1) is 10.2. The maximum Gasteiger partial charge on any atom is 0.140 e. The van der Waals surface area contributed by atoms with Gasteiger partial charge in [0.05, 0.1) is 17.5 Å². The van der Waals surface area contributed by atoms with Crippen LogP contribution in [0, 0.1) is 0 Å². The molecule has 0 N–H and O–H groups in total. The van der Waals surface area contributed by atoms with Gasteiger partial charge in [-0.25, -0.2) is 4.98 Å². The number of carbonyl (C=O) groups is 1. The van der Waals surface area contributed by atoms with Crippen molar-refractivity contribution in [1.82, 2.24) is 9.55 Å². The Labute approximate surface area is 127 Å². The molecular weight excluding hydrogens is 260 g/mol. The van der Waals surface area contributed by atoms with Gasteiger partial charge in [0.1, 0.15) is 11.6 Å². The molecule has 1 aromatic heterocycles. The van der Waals surface area contributed by atoms with E-state index in [1.54, 1.807) is 0 Å². The lowest BCUT2D eigenvalue weighted by Gasteiger charge is -2.03. The van der Waals surface area contributed by atoms with Gasteiger partial charge in [0, 0.05) is 13.5 Å². The Morgan fingerprint density at radius 2 is 1.81 bits per heavy atom. The normalized spacial score (nSPS) is 11.1. The van der Waals surface area contributed by atoms with E-state index in [1.165, 1.54) is 32.1 Å². The Bertz CT molecular complexity index is 586. The molecule has 0 atom stereocenters. The summed E-state index contributed by atoms with van der Waals surface area (Å²) in [5.41, 5.74) is 2.07. The molecule has 0 bridgehead atoms. The summed E-state index contributed by atoms with van der Waals surface area (Å²) >= 11 is 0. The second-order valence-corrected chi connectivity index (χ2v) is 5.81. The van der Waals surface area contributed by atoms with Crippen molar-refractivity contribution in [1.29, 1.82) is 0 Å². The van der Waals surface area contributed by atoms with Gasteiger partial charge in [-0.3, -0.25) is 4.79 Å². The highest BCUT2D eigenvalue weighted by Crippen LogP contribution is 2.15. The molecular formula is C18H26N2O. The van der Waals surface area contributed by atoms with Crippen molar-refractivity contribution >= 4 is 16.8 Å². The van der Waals surface area contributed by atoms with Gasteiger partial charge in [0.25, 0.3) is 0 Å². The molecule has 0 unspecified atom stereocenters. The molecule has 2 aromatic rings. The number of para-hydroxylation sites is 2. The van der Waals surface area contributed by atoms with Crippen molar-refractivity contribution in [2.75, 3.05) is 0 Å². The predicted molar refractivity (Wildman–Crippen MR) is 87.4 cm³/mol. The number of ketones is 1. The fraction of sp³-hybridized carbons (Fsp3) is 0.556. The minimum Gasteiger partial charge on any atom is -0.331 e. The Balaban J connectivity index is 1.80. The van der Waals surface area contributed by atoms with Crippen LogP contribution in [-0.4, -0.2) is 15.3 Å². The molecule has 1 aromatic carbocycles. The number of aromatic nitrogens is 2. The van der Waals surface area contributed by atoms with E-state index in [-0.39, 0.29) is 0 Å². The van der Waals surface area contributed by atoms with Gasteiger partial charge in [-0.15, -0.1) is 0 Å². The molecule has 2 rings (SSSR count). The Morgan fingerprint density at radius 3 is 2.57 bits per heavy atom. The fourth-order valence-corrected chi connectivity index (χ4v) is 2.72. The number of aryl methyl sites for hydroxylation is 1. The van der Waals surface area contributed by atoms with E-state index in [0.717, 1.165) is 23.3 Å². The lowest BCUT2D eigenvalue weighted by molar-refractivity contribution is -0.118. The van der Waals surface area contributed by atoms with Gasteiger partial charge in [0.15, 0.2) is 0 Å². The summed E-state index contributed by atoms with van der Waals surface area (Å²) in [5.74, 6) is 1.19. The van der Waals surface area contributed by atoms with Crippen LogP contribution >= 0.6 is 0 Å². The molecule has 0 spiro atoms. The van der Waals surface area contributed by atoms with Gasteiger partial charge >= 0.3 is 0 Å². The zero-order chi connectivity index (χ0) is 15.1. The van der Waals surface area contributed by atoms with E-state index in [0.29, 0.717) is 18.6 Å². The number of hydrogen-bond donors (Lipinski definition) is 0. The first-order valence-corrected chi connectivity index (χ1v) is 8.14. The molecule has 114 valence electrons. The molecule has 0 aliphatic heterocycles. The second kappa shape index (κ2) is 7.96. The number of Topliss-reactive ketones (excluding diaryl/α,β-unsaturated/α-hetero) is 1. The van der Waals surface area contributed by atoms with Crippen LogP contribution in [0.15, 0.2) is 24.3 Å². The van der Waals surface area contributed by atoms with E-state index in [9.17, 15) is 4.79 Å². The van der Waals surface area contributed by atoms with Crippen molar-refractivity contribution in [3.8, 4) is 0 Å². The molecule has 1 heterocycles. The fourth-order valence-electron chi connectivity index (χ4n) is 2.72. The highest BCUT2D eigenvalue weighted by Gasteiger charge is 2.11. The van der Waals surface area contributed by atoms with E-state index >= 15 is 0 Å². The smallest absolute Gasteiger partial charge is 0.140 e. The first kappa shape index (κ1) is 15.7. The molecule has 0 saturated heterocycles. The van der Waals surface area contributed by atoms with Gasteiger partial charge in [-0.05, 0) is 18.6 Å². The zero-order valence-corrected chi connectivity index (χ0v) is 13.3. The molecule has 0 aliphatic carbocycles. The SMILES string of the molecule is CCCCCCCCC(=O)Cc1nc2ccccc2n1C. The summed E-state index contributed by atoms with van der Waals surface area (Å²) in [6, 6.07) is 8.03. The monoisotopic (exact) mass is 286 g/mol. The van der Waals surface area contributed by atoms with E-state index in [4.69, 9.17) is 0 Å². The standard InChI is InChI=1S/C18H26N2O/c1-3-4-5-6-7-8-11-15(21)14-18-19-16-12-9-10-13-17(16)20(18)2/h9-10,12-13H,3-8,11,14H2,1-2H3. The average Bonchev–Trinajstić information content (AvgIpc) is 2.80. The molecule has 0 aliphatic rings. The van der Waals surface area contributed by atoms with Gasteiger partial charge < -0.3 is 4.57 Å². The summed E-state index contributed by atoms with van der Waals surface area (Å²) in [6.07, 6.45) is 8.48. The van der Waals surface area contributed by atoms with Crippen LogP contribution in [0.2, 0.25) is 0 Å². The number of nitrogens with zero attached hydrogens (tertiary/aromatic N) is 2. The van der Waals surface area contributed by atoms with Crippen molar-refractivity contribution in [2.24, 2.45) is 7.05 Å². The summed E-state index contributed by atoms with van der Waals surface area (Å²) in [7, 11) is 1.99. The van der Waals surface area contributed by atoms with Crippen LogP contribution in [0.5, 0.6) is 0 Å². The van der Waals surface area contributed by atoms with Crippen molar-refractivity contribution in [3.63, 3.8) is 0 Å². The van der Waals surface area contributed by atoms with E-state index < -0.39 is 0 Å². The highest BCUT2D eigenvalue weighted by atomic mass is 16.1. The van der Waals surface area contributed by atoms with Crippen LogP contribution in [0.1, 0.15) is 57.7 Å². The summed E-state index contributed by atoms with van der Waals surface area (Å²) in [6.45, 7) is 2.22. The number of benzene rings is 1. The zero-order valence-electron chi connectivity index (χ0n) is 13.3. The Hall–Kier alpha value is -1.64. The van der Waals surface area contributed by atoms with Crippen LogP contribution in [0.3, 0.4) is 0 Å². The van der Waals surface area contributed by atoms with E-state index in [2.05, 4.69) is 11.9 Å². The van der Waals surface area contributed by atoms with Gasteiger partial charge in [-0.1, -0.05) is 51.2 Å². The van der Waals surface area contributed by atoms with Crippen LogP contribution in [0.25, 0.3) is 11.0 Å². The number of rotatable bonds is 9. The van der Waals surface area contributed by atoms with Crippen molar-refractivity contribution in [2.45, 2.75) is 58.3 Å². The number of fused-ring (bicyclic) bond motifs is 1. The largest absolute Gasteiger partial charge is 0.331 e. The third kappa shape index (κ3) is 4.42. The highest BCUT2D eigenvalue weighted by molar-refractivity contribution is 5.82. The Morgan fingerprint density at radius 1 is 1.10 bits per heavy atom. The summed E-state index contributed by atoms with van der Waals surface area (Å²) < 4.78 is 2.04. The average molecular weight is 286 g/mol. The summed E-state index contributed by atoms with van der Waals surface area (Å²) in [4.78, 5) is 16.6. The topological polar surface area (TPSA) is 34.9 Å². The third-order valence-electron chi connectivity index (χ3n) is 4.04. The second-order valence-electron chi connectivity index (χ2n) is 5.81. The van der Waals surface area contributed by atoms with Crippen LogP contribution < -0.4 is 0 Å². The minimum atomic E-state index is 0.309. The quantitative estimate of drug-likeness (QED) is 0.639. The minimum absolute atomic E-state index is 0.309. The Kier molecular flexibility index (Phi) is 5.97. The van der Waals surface area contributed by atoms with Gasteiger partial charge in [0.2, 0.25) is 0 Å². The maximum absolute atomic E-state index is 12.1. The predicted octanol–water partition coefficient (Wildman–Crippen LogP) is 4.44. The maximum atomic E-state index is 12.1. The van der Waals surface area contributed by atoms with Crippen LogP contribution in [-0.2, 0) is 18.3 Å². The molecule has 0 fully saturated rings. The molecule has 0 radical (unpaired) electrons. The lowest BCUT2D eigenvalue weighted by atomic mass is 10.1. The van der Waals surface area contributed by atoms with Gasteiger partial charge in [-0.2, -0.15) is 0 Å². The first-order valence-electron chi connectivity index (χ1n) is 8.14. The number of carbonyl (C=O) groups excluding carboxylic acids is 1. The number of hydrogen-bond acceptors (Lipinski definition) is 2. The molecule has 3 heteroatoms. The molecule has 0 amide bonds. The lowest BCUT2D eigenvalue weighted by Crippen LogP contribution is -2.07.